The Kier molecular flexibility index (Phi) is 5.79. The second-order valence-electron chi connectivity index (χ2n) is 4.71. The van der Waals surface area contributed by atoms with Gasteiger partial charge in [-0.1, -0.05) is 0 Å². The van der Waals surface area contributed by atoms with Gasteiger partial charge in [-0.2, -0.15) is 13.2 Å². The Bertz CT molecular complexity index is 446. The van der Waals surface area contributed by atoms with E-state index in [0.29, 0.717) is 26.1 Å². The Morgan fingerprint density at radius 3 is 2.35 bits per heavy atom. The average Bonchev–Trinajstić information content (AvgIpc) is 2.38. The first-order valence-electron chi connectivity index (χ1n) is 6.09. The Balaban J connectivity index is 0.00000200. The molecule has 1 aliphatic heterocycles. The molecule has 0 bridgehead atoms. The summed E-state index contributed by atoms with van der Waals surface area (Å²) < 4.78 is 56.7. The van der Waals surface area contributed by atoms with Crippen molar-refractivity contribution in [3.63, 3.8) is 0 Å². The summed E-state index contributed by atoms with van der Waals surface area (Å²) in [6, 6.07) is 1.65. The van der Waals surface area contributed by atoms with E-state index in [4.69, 9.17) is 10.5 Å². The minimum Gasteiger partial charge on any atom is -0.381 e. The fourth-order valence-corrected chi connectivity index (χ4v) is 2.30. The molecule has 1 aromatic rings. The van der Waals surface area contributed by atoms with E-state index in [1.807, 2.05) is 0 Å². The molecule has 1 heterocycles. The molecular weight excluding hydrogens is 298 g/mol. The lowest BCUT2D eigenvalue weighted by Gasteiger charge is -2.28. The third kappa shape index (κ3) is 3.84. The first kappa shape index (κ1) is 17.2. The van der Waals surface area contributed by atoms with E-state index < -0.39 is 23.6 Å². The van der Waals surface area contributed by atoms with Crippen LogP contribution in [0.2, 0.25) is 0 Å². The van der Waals surface area contributed by atoms with Crippen LogP contribution in [-0.4, -0.2) is 13.2 Å². The summed E-state index contributed by atoms with van der Waals surface area (Å²) in [7, 11) is 0. The summed E-state index contributed by atoms with van der Waals surface area (Å²) in [6.07, 6.45) is -3.22. The minimum atomic E-state index is -4.49. The van der Waals surface area contributed by atoms with Crippen LogP contribution in [0.5, 0.6) is 0 Å². The van der Waals surface area contributed by atoms with E-state index in [1.54, 1.807) is 0 Å². The summed E-state index contributed by atoms with van der Waals surface area (Å²) in [5.41, 5.74) is 4.98. The van der Waals surface area contributed by atoms with Gasteiger partial charge in [0.1, 0.15) is 5.82 Å². The molecule has 0 radical (unpaired) electrons. The molecule has 0 unspecified atom stereocenters. The third-order valence-corrected chi connectivity index (χ3v) is 3.46. The van der Waals surface area contributed by atoms with Gasteiger partial charge in [0.25, 0.3) is 0 Å². The predicted octanol–water partition coefficient (Wildman–Crippen LogP) is 3.69. The molecule has 2 rings (SSSR count). The smallest absolute Gasteiger partial charge is 0.381 e. The summed E-state index contributed by atoms with van der Waals surface area (Å²) >= 11 is 0. The standard InChI is InChI=1S/C13H15F4NO.ClH/c14-11-2-1-9(13(15,16)17)7-10(11)12(18)8-3-5-19-6-4-8;/h1-2,7-8,12H,3-6,18H2;1H/t12-;/m1./s1. The van der Waals surface area contributed by atoms with E-state index >= 15 is 0 Å². The number of hydrogen-bond donors (Lipinski definition) is 1. The Morgan fingerprint density at radius 2 is 1.80 bits per heavy atom. The first-order chi connectivity index (χ1) is 8.89. The zero-order chi connectivity index (χ0) is 14.0. The fourth-order valence-electron chi connectivity index (χ4n) is 2.30. The molecule has 1 aromatic carbocycles. The molecule has 0 amide bonds. The highest BCUT2D eigenvalue weighted by Crippen LogP contribution is 2.34. The number of nitrogens with two attached hydrogens (primary N) is 1. The molecule has 0 aromatic heterocycles. The van der Waals surface area contributed by atoms with E-state index in [-0.39, 0.29) is 23.9 Å². The van der Waals surface area contributed by atoms with Gasteiger partial charge in [0.05, 0.1) is 5.56 Å². The number of alkyl halides is 3. The molecule has 0 aliphatic carbocycles. The van der Waals surface area contributed by atoms with Gasteiger partial charge in [-0.15, -0.1) is 12.4 Å². The molecule has 1 fully saturated rings. The molecule has 2 N–H and O–H groups in total. The van der Waals surface area contributed by atoms with E-state index in [2.05, 4.69) is 0 Å². The molecular formula is C13H16ClF4NO. The van der Waals surface area contributed by atoms with Crippen LogP contribution in [0.1, 0.15) is 30.0 Å². The zero-order valence-corrected chi connectivity index (χ0v) is 11.4. The Hall–Kier alpha value is -0.850. The van der Waals surface area contributed by atoms with Crippen molar-refractivity contribution in [3.05, 3.63) is 35.1 Å². The summed E-state index contributed by atoms with van der Waals surface area (Å²) in [5, 5.41) is 0. The molecule has 2 nitrogen and oxygen atoms in total. The van der Waals surface area contributed by atoms with Crippen LogP contribution in [0, 0.1) is 11.7 Å². The van der Waals surface area contributed by atoms with Gasteiger partial charge < -0.3 is 10.5 Å². The molecule has 1 aliphatic rings. The minimum absolute atomic E-state index is 0. The van der Waals surface area contributed by atoms with Gasteiger partial charge in [0.2, 0.25) is 0 Å². The molecule has 114 valence electrons. The van der Waals surface area contributed by atoms with Crippen LogP contribution in [0.25, 0.3) is 0 Å². The van der Waals surface area contributed by atoms with E-state index in [0.717, 1.165) is 18.2 Å². The van der Waals surface area contributed by atoms with Gasteiger partial charge in [0, 0.05) is 24.8 Å². The topological polar surface area (TPSA) is 35.2 Å². The lowest BCUT2D eigenvalue weighted by Crippen LogP contribution is -2.28. The van der Waals surface area contributed by atoms with Crippen LogP contribution < -0.4 is 5.73 Å². The van der Waals surface area contributed by atoms with Crippen molar-refractivity contribution < 1.29 is 22.3 Å². The van der Waals surface area contributed by atoms with Crippen LogP contribution in [0.15, 0.2) is 18.2 Å². The molecule has 1 atom stereocenters. The van der Waals surface area contributed by atoms with Crippen molar-refractivity contribution >= 4 is 12.4 Å². The van der Waals surface area contributed by atoms with Crippen molar-refractivity contribution in [3.8, 4) is 0 Å². The second kappa shape index (κ2) is 6.74. The number of benzene rings is 1. The monoisotopic (exact) mass is 313 g/mol. The maximum atomic E-state index is 13.7. The van der Waals surface area contributed by atoms with Crippen molar-refractivity contribution in [1.82, 2.24) is 0 Å². The van der Waals surface area contributed by atoms with Gasteiger partial charge >= 0.3 is 6.18 Å². The van der Waals surface area contributed by atoms with Crippen molar-refractivity contribution in [1.29, 1.82) is 0 Å². The molecule has 1 saturated heterocycles. The average molecular weight is 314 g/mol. The molecule has 0 spiro atoms. The highest BCUT2D eigenvalue weighted by molar-refractivity contribution is 5.85. The SMILES string of the molecule is Cl.N[C@@H](c1cc(C(F)(F)F)ccc1F)C1CCOCC1. The molecule has 7 heteroatoms. The summed E-state index contributed by atoms with van der Waals surface area (Å²) in [6.45, 7) is 1.03. The van der Waals surface area contributed by atoms with Crippen molar-refractivity contribution in [2.75, 3.05) is 13.2 Å². The maximum Gasteiger partial charge on any atom is 0.416 e. The van der Waals surface area contributed by atoms with Crippen molar-refractivity contribution in [2.24, 2.45) is 11.7 Å². The summed E-state index contributed by atoms with van der Waals surface area (Å²) in [5.74, 6) is -0.737. The Morgan fingerprint density at radius 1 is 1.20 bits per heavy atom. The first-order valence-corrected chi connectivity index (χ1v) is 6.09. The van der Waals surface area contributed by atoms with E-state index in [1.165, 1.54) is 0 Å². The fraction of sp³-hybridized carbons (Fsp3) is 0.538. The van der Waals surface area contributed by atoms with Crippen LogP contribution in [-0.2, 0) is 10.9 Å². The molecule has 20 heavy (non-hydrogen) atoms. The maximum absolute atomic E-state index is 13.7. The summed E-state index contributed by atoms with van der Waals surface area (Å²) in [4.78, 5) is 0. The predicted molar refractivity (Wildman–Crippen MR) is 69.1 cm³/mol. The zero-order valence-electron chi connectivity index (χ0n) is 10.6. The lowest BCUT2D eigenvalue weighted by atomic mass is 9.87. The van der Waals surface area contributed by atoms with Crippen LogP contribution in [0.3, 0.4) is 0 Å². The number of halogens is 5. The van der Waals surface area contributed by atoms with Crippen molar-refractivity contribution in [2.45, 2.75) is 25.1 Å². The number of rotatable bonds is 2. The van der Waals surface area contributed by atoms with Gasteiger partial charge in [-0.05, 0) is 37.0 Å². The van der Waals surface area contributed by atoms with Gasteiger partial charge in [-0.25, -0.2) is 4.39 Å². The normalized spacial score (nSPS) is 18.4. The lowest BCUT2D eigenvalue weighted by molar-refractivity contribution is -0.137. The highest BCUT2D eigenvalue weighted by atomic mass is 35.5. The number of ether oxygens (including phenoxy) is 1. The second-order valence-corrected chi connectivity index (χ2v) is 4.71. The van der Waals surface area contributed by atoms with Gasteiger partial charge in [-0.3, -0.25) is 0 Å². The van der Waals surface area contributed by atoms with Crippen LogP contribution in [0.4, 0.5) is 17.6 Å². The Labute approximate surface area is 120 Å². The third-order valence-electron chi connectivity index (χ3n) is 3.46. The van der Waals surface area contributed by atoms with E-state index in [9.17, 15) is 17.6 Å². The molecule has 0 saturated carbocycles. The quantitative estimate of drug-likeness (QED) is 0.845. The number of hydrogen-bond acceptors (Lipinski definition) is 2. The largest absolute Gasteiger partial charge is 0.416 e. The van der Waals surface area contributed by atoms with Gasteiger partial charge in [0.15, 0.2) is 0 Å². The van der Waals surface area contributed by atoms with Crippen LogP contribution >= 0.6 is 12.4 Å². The highest BCUT2D eigenvalue weighted by Gasteiger charge is 2.33.